The van der Waals surface area contributed by atoms with Gasteiger partial charge in [0, 0.05) is 12.1 Å². The van der Waals surface area contributed by atoms with Crippen molar-refractivity contribution in [1.29, 1.82) is 0 Å². The van der Waals surface area contributed by atoms with Gasteiger partial charge in [-0.1, -0.05) is 47.1 Å². The maximum atomic E-state index is 12.9. The first kappa shape index (κ1) is 16.4. The van der Waals surface area contributed by atoms with Crippen molar-refractivity contribution in [2.75, 3.05) is 5.32 Å². The van der Waals surface area contributed by atoms with Crippen LogP contribution in [0.1, 0.15) is 32.0 Å². The van der Waals surface area contributed by atoms with Crippen molar-refractivity contribution in [2.24, 2.45) is 0 Å². The fourth-order valence-electron chi connectivity index (χ4n) is 3.05. The number of nitrogens with zero attached hydrogens (tertiary/aromatic N) is 1. The topological polar surface area (TPSA) is 84.2 Å². The molecule has 2 N–H and O–H groups in total. The zero-order valence-electron chi connectivity index (χ0n) is 13.8. The van der Waals surface area contributed by atoms with E-state index in [0.717, 1.165) is 5.56 Å². The summed E-state index contributed by atoms with van der Waals surface area (Å²) in [6, 6.07) is 12.4. The molecule has 1 aliphatic rings. The number of aryl methyl sites for hydroxylation is 1. The molecule has 26 heavy (non-hydrogen) atoms. The normalized spacial score (nSPS) is 12.6. The second-order valence-corrected chi connectivity index (χ2v) is 6.33. The average Bonchev–Trinajstić information content (AvgIpc) is 3.19. The molecule has 1 aromatic heterocycles. The molecule has 0 aliphatic carbocycles. The summed E-state index contributed by atoms with van der Waals surface area (Å²) in [4.78, 5) is 25.0. The predicted octanol–water partition coefficient (Wildman–Crippen LogP) is 3.80. The van der Waals surface area contributed by atoms with Gasteiger partial charge in [0.25, 0.3) is 11.8 Å². The third-order valence-corrected chi connectivity index (χ3v) is 4.61. The summed E-state index contributed by atoms with van der Waals surface area (Å²) in [5.74, 6) is -0.245. The first-order chi connectivity index (χ1) is 12.6. The number of amides is 2. The molecular formula is C19H14ClN3O3. The summed E-state index contributed by atoms with van der Waals surface area (Å²) in [6.45, 7) is 2.11. The highest BCUT2D eigenvalue weighted by atomic mass is 35.5. The van der Waals surface area contributed by atoms with Crippen LogP contribution in [0.15, 0.2) is 47.0 Å². The zero-order chi connectivity index (χ0) is 18.3. The van der Waals surface area contributed by atoms with E-state index in [1.165, 1.54) is 0 Å². The second kappa shape index (κ2) is 6.31. The third kappa shape index (κ3) is 2.64. The predicted molar refractivity (Wildman–Crippen MR) is 97.3 cm³/mol. The summed E-state index contributed by atoms with van der Waals surface area (Å²) >= 11 is 6.23. The Balaban J connectivity index is 1.74. The Labute approximate surface area is 154 Å². The van der Waals surface area contributed by atoms with E-state index in [9.17, 15) is 9.59 Å². The molecule has 0 fully saturated rings. The molecule has 7 heteroatoms. The van der Waals surface area contributed by atoms with E-state index in [1.54, 1.807) is 43.3 Å². The second-order valence-electron chi connectivity index (χ2n) is 5.92. The number of aromatic nitrogens is 1. The van der Waals surface area contributed by atoms with Crippen LogP contribution in [0.25, 0.3) is 11.3 Å². The Kier molecular flexibility index (Phi) is 3.97. The van der Waals surface area contributed by atoms with Crippen molar-refractivity contribution in [3.63, 3.8) is 0 Å². The van der Waals surface area contributed by atoms with E-state index in [1.807, 2.05) is 6.07 Å². The van der Waals surface area contributed by atoms with E-state index in [4.69, 9.17) is 16.1 Å². The molecule has 3 aromatic rings. The standard InChI is InChI=1S/C19H14ClN3O3/c1-10-15(17(23-26-10)12-6-2-3-7-13(12)20)19(25)22-14-8-4-5-11-9-21-18(24)16(11)14/h2-8H,9H2,1H3,(H,21,24)(H,22,25). The average molecular weight is 368 g/mol. The maximum Gasteiger partial charge on any atom is 0.261 e. The van der Waals surface area contributed by atoms with Crippen molar-refractivity contribution in [2.45, 2.75) is 13.5 Å². The number of rotatable bonds is 3. The Morgan fingerprint density at radius 2 is 2.04 bits per heavy atom. The largest absolute Gasteiger partial charge is 0.360 e. The number of carbonyl (C=O) groups is 2. The summed E-state index contributed by atoms with van der Waals surface area (Å²) in [7, 11) is 0. The number of halogens is 1. The van der Waals surface area contributed by atoms with Gasteiger partial charge in [0.2, 0.25) is 0 Å². The Bertz CT molecular complexity index is 1040. The lowest BCUT2D eigenvalue weighted by Crippen LogP contribution is -2.18. The van der Waals surface area contributed by atoms with Crippen LogP contribution in [0.5, 0.6) is 0 Å². The highest BCUT2D eigenvalue weighted by molar-refractivity contribution is 6.33. The Morgan fingerprint density at radius 1 is 1.23 bits per heavy atom. The highest BCUT2D eigenvalue weighted by Crippen LogP contribution is 2.32. The Morgan fingerprint density at radius 3 is 2.85 bits per heavy atom. The molecule has 0 atom stereocenters. The van der Waals surface area contributed by atoms with E-state index < -0.39 is 5.91 Å². The lowest BCUT2D eigenvalue weighted by molar-refractivity contribution is 0.0966. The van der Waals surface area contributed by atoms with Crippen LogP contribution in [0, 0.1) is 6.92 Å². The molecule has 4 rings (SSSR count). The van der Waals surface area contributed by atoms with E-state index in [2.05, 4.69) is 15.8 Å². The minimum absolute atomic E-state index is 0.204. The number of hydrogen-bond acceptors (Lipinski definition) is 4. The summed E-state index contributed by atoms with van der Waals surface area (Å²) in [5.41, 5.74) is 3.03. The van der Waals surface area contributed by atoms with Crippen molar-refractivity contribution in [3.05, 3.63) is 69.9 Å². The molecule has 0 bridgehead atoms. The van der Waals surface area contributed by atoms with E-state index in [-0.39, 0.29) is 11.5 Å². The van der Waals surface area contributed by atoms with Gasteiger partial charge in [-0.15, -0.1) is 0 Å². The van der Waals surface area contributed by atoms with Crippen LogP contribution in [-0.2, 0) is 6.54 Å². The molecule has 0 saturated heterocycles. The minimum Gasteiger partial charge on any atom is -0.360 e. The molecular weight excluding hydrogens is 354 g/mol. The molecule has 2 amide bonds. The molecule has 6 nitrogen and oxygen atoms in total. The summed E-state index contributed by atoms with van der Waals surface area (Å²) in [6.07, 6.45) is 0. The minimum atomic E-state index is -0.410. The third-order valence-electron chi connectivity index (χ3n) is 4.28. The molecule has 0 radical (unpaired) electrons. The Hall–Kier alpha value is -3.12. The fraction of sp³-hybridized carbons (Fsp3) is 0.105. The van der Waals surface area contributed by atoms with Crippen LogP contribution >= 0.6 is 11.6 Å². The molecule has 130 valence electrons. The lowest BCUT2D eigenvalue weighted by atomic mass is 10.0. The van der Waals surface area contributed by atoms with Crippen LogP contribution in [0.4, 0.5) is 5.69 Å². The summed E-state index contributed by atoms with van der Waals surface area (Å²) in [5, 5.41) is 10.0. The fourth-order valence-corrected chi connectivity index (χ4v) is 3.27. The van der Waals surface area contributed by atoms with E-state index >= 15 is 0 Å². The van der Waals surface area contributed by atoms with Gasteiger partial charge >= 0.3 is 0 Å². The van der Waals surface area contributed by atoms with Crippen molar-refractivity contribution >= 4 is 29.1 Å². The summed E-state index contributed by atoms with van der Waals surface area (Å²) < 4.78 is 5.23. The van der Waals surface area contributed by atoms with Crippen LogP contribution in [0.3, 0.4) is 0 Å². The number of carbonyl (C=O) groups excluding carboxylic acids is 2. The number of hydrogen-bond donors (Lipinski definition) is 2. The lowest BCUT2D eigenvalue weighted by Gasteiger charge is -2.09. The first-order valence-electron chi connectivity index (χ1n) is 7.99. The number of benzene rings is 2. The van der Waals surface area contributed by atoms with Gasteiger partial charge in [-0.05, 0) is 24.6 Å². The molecule has 0 spiro atoms. The number of nitrogens with one attached hydrogen (secondary N) is 2. The smallest absolute Gasteiger partial charge is 0.261 e. The SMILES string of the molecule is Cc1onc(-c2ccccc2Cl)c1C(=O)Nc1cccc2c1C(=O)NC2. The van der Waals surface area contributed by atoms with Crippen LogP contribution in [-0.4, -0.2) is 17.0 Å². The zero-order valence-corrected chi connectivity index (χ0v) is 14.6. The van der Waals surface area contributed by atoms with Crippen LogP contribution in [0.2, 0.25) is 5.02 Å². The van der Waals surface area contributed by atoms with Gasteiger partial charge < -0.3 is 15.2 Å². The van der Waals surface area contributed by atoms with Gasteiger partial charge in [0.15, 0.2) is 0 Å². The quantitative estimate of drug-likeness (QED) is 0.737. The molecule has 2 aromatic carbocycles. The first-order valence-corrected chi connectivity index (χ1v) is 8.36. The van der Waals surface area contributed by atoms with Crippen molar-refractivity contribution in [1.82, 2.24) is 10.5 Å². The molecule has 1 aliphatic heterocycles. The molecule has 0 saturated carbocycles. The molecule has 0 unspecified atom stereocenters. The van der Waals surface area contributed by atoms with Crippen molar-refractivity contribution < 1.29 is 14.1 Å². The van der Waals surface area contributed by atoms with Gasteiger partial charge in [0.1, 0.15) is 17.0 Å². The number of anilines is 1. The van der Waals surface area contributed by atoms with Gasteiger partial charge in [-0.3, -0.25) is 9.59 Å². The van der Waals surface area contributed by atoms with Crippen LogP contribution < -0.4 is 10.6 Å². The monoisotopic (exact) mass is 367 g/mol. The van der Waals surface area contributed by atoms with Gasteiger partial charge in [-0.2, -0.15) is 0 Å². The maximum absolute atomic E-state index is 12.9. The highest BCUT2D eigenvalue weighted by Gasteiger charge is 2.27. The van der Waals surface area contributed by atoms with Crippen molar-refractivity contribution in [3.8, 4) is 11.3 Å². The molecule has 2 heterocycles. The van der Waals surface area contributed by atoms with Gasteiger partial charge in [-0.25, -0.2) is 0 Å². The van der Waals surface area contributed by atoms with E-state index in [0.29, 0.717) is 39.8 Å². The number of fused-ring (bicyclic) bond motifs is 1. The van der Waals surface area contributed by atoms with Gasteiger partial charge in [0.05, 0.1) is 16.3 Å².